The molecule has 0 heterocycles. The van der Waals surface area contributed by atoms with Gasteiger partial charge in [-0.05, 0) is 11.1 Å². The van der Waals surface area contributed by atoms with Crippen LogP contribution in [-0.4, -0.2) is 18.1 Å². The smallest absolute Gasteiger partial charge is 0.0949 e. The van der Waals surface area contributed by atoms with E-state index in [1.165, 1.54) is 11.1 Å². The molecular formula is C16H18NO. The molecule has 0 atom stereocenters. The fourth-order valence-corrected chi connectivity index (χ4v) is 2.03. The molecule has 18 heavy (non-hydrogen) atoms. The van der Waals surface area contributed by atoms with Crippen LogP contribution in [0.4, 0.5) is 0 Å². The maximum atomic E-state index is 10.9. The van der Waals surface area contributed by atoms with Crippen molar-refractivity contribution in [2.75, 3.05) is 13.2 Å². The molecule has 0 unspecified atom stereocenters. The SMILES string of the molecule is [O]CCN(Cc1ccccc1)Cc1ccccc1. The second-order valence-corrected chi connectivity index (χ2v) is 4.39. The molecule has 0 saturated heterocycles. The van der Waals surface area contributed by atoms with E-state index in [-0.39, 0.29) is 6.61 Å². The van der Waals surface area contributed by atoms with Gasteiger partial charge in [-0.1, -0.05) is 60.7 Å². The summed E-state index contributed by atoms with van der Waals surface area (Å²) in [6.07, 6.45) is 0. The fraction of sp³-hybridized carbons (Fsp3) is 0.250. The minimum atomic E-state index is -0.0559. The predicted octanol–water partition coefficient (Wildman–Crippen LogP) is 3.12. The number of rotatable bonds is 6. The minimum Gasteiger partial charge on any atom is -0.292 e. The van der Waals surface area contributed by atoms with Crippen LogP contribution in [0, 0.1) is 0 Å². The summed E-state index contributed by atoms with van der Waals surface area (Å²) in [5.41, 5.74) is 2.50. The van der Waals surface area contributed by atoms with E-state index >= 15 is 0 Å². The van der Waals surface area contributed by atoms with Crippen molar-refractivity contribution in [2.24, 2.45) is 0 Å². The topological polar surface area (TPSA) is 23.1 Å². The summed E-state index contributed by atoms with van der Waals surface area (Å²) in [5.74, 6) is 0. The fourth-order valence-electron chi connectivity index (χ4n) is 2.03. The lowest BCUT2D eigenvalue weighted by molar-refractivity contribution is 0.133. The van der Waals surface area contributed by atoms with E-state index in [1.807, 2.05) is 36.4 Å². The number of benzene rings is 2. The van der Waals surface area contributed by atoms with Crippen molar-refractivity contribution in [1.29, 1.82) is 0 Å². The van der Waals surface area contributed by atoms with E-state index < -0.39 is 0 Å². The molecular weight excluding hydrogens is 222 g/mol. The highest BCUT2D eigenvalue weighted by molar-refractivity contribution is 5.17. The molecule has 2 aromatic rings. The zero-order valence-corrected chi connectivity index (χ0v) is 10.5. The molecule has 93 valence electrons. The molecule has 0 aliphatic rings. The van der Waals surface area contributed by atoms with Gasteiger partial charge in [-0.2, -0.15) is 0 Å². The third kappa shape index (κ3) is 3.99. The molecule has 1 radical (unpaired) electrons. The zero-order valence-electron chi connectivity index (χ0n) is 10.5. The standard InChI is InChI=1S/C16H18NO/c18-12-11-17(13-15-7-3-1-4-8-15)14-16-9-5-2-6-10-16/h1-10H,11-14H2. The summed E-state index contributed by atoms with van der Waals surface area (Å²) >= 11 is 0. The van der Waals surface area contributed by atoms with E-state index in [4.69, 9.17) is 0 Å². The van der Waals surface area contributed by atoms with Gasteiger partial charge < -0.3 is 0 Å². The highest BCUT2D eigenvalue weighted by Crippen LogP contribution is 2.09. The Hall–Kier alpha value is -1.64. The summed E-state index contributed by atoms with van der Waals surface area (Å²) in [4.78, 5) is 2.19. The average Bonchev–Trinajstić information content (AvgIpc) is 2.41. The first-order valence-corrected chi connectivity index (χ1v) is 6.27. The van der Waals surface area contributed by atoms with Crippen LogP contribution in [0.25, 0.3) is 0 Å². The molecule has 0 aliphatic carbocycles. The van der Waals surface area contributed by atoms with Gasteiger partial charge in [0.25, 0.3) is 0 Å². The van der Waals surface area contributed by atoms with Crippen molar-refractivity contribution in [1.82, 2.24) is 4.90 Å². The largest absolute Gasteiger partial charge is 0.292 e. The lowest BCUT2D eigenvalue weighted by Crippen LogP contribution is -2.25. The van der Waals surface area contributed by atoms with Crippen LogP contribution in [0.1, 0.15) is 11.1 Å². The lowest BCUT2D eigenvalue weighted by atomic mass is 10.1. The Balaban J connectivity index is 2.00. The Bertz CT molecular complexity index is 400. The Kier molecular flexibility index (Phi) is 4.94. The Morgan fingerprint density at radius 1 is 0.722 bits per heavy atom. The molecule has 0 saturated carbocycles. The Morgan fingerprint density at radius 2 is 1.17 bits per heavy atom. The van der Waals surface area contributed by atoms with Crippen LogP contribution in [-0.2, 0) is 18.2 Å². The van der Waals surface area contributed by atoms with Crippen molar-refractivity contribution < 1.29 is 5.11 Å². The molecule has 2 heteroatoms. The van der Waals surface area contributed by atoms with Crippen molar-refractivity contribution in [3.05, 3.63) is 71.8 Å². The summed E-state index contributed by atoms with van der Waals surface area (Å²) in [5, 5.41) is 10.9. The molecule has 0 bridgehead atoms. The summed E-state index contributed by atoms with van der Waals surface area (Å²) in [6, 6.07) is 20.6. The summed E-state index contributed by atoms with van der Waals surface area (Å²) in [6.45, 7) is 2.19. The number of hydrogen-bond donors (Lipinski definition) is 0. The van der Waals surface area contributed by atoms with Gasteiger partial charge in [-0.15, -0.1) is 0 Å². The maximum Gasteiger partial charge on any atom is 0.0949 e. The molecule has 0 spiro atoms. The molecule has 0 amide bonds. The molecule has 2 aromatic carbocycles. The first-order valence-electron chi connectivity index (χ1n) is 6.27. The van der Waals surface area contributed by atoms with Crippen LogP contribution in [0.3, 0.4) is 0 Å². The number of nitrogens with zero attached hydrogens (tertiary/aromatic N) is 1. The van der Waals surface area contributed by atoms with E-state index in [9.17, 15) is 5.11 Å². The van der Waals surface area contributed by atoms with Gasteiger partial charge in [0.05, 0.1) is 6.61 Å². The molecule has 0 fully saturated rings. The Labute approximate surface area is 109 Å². The zero-order chi connectivity index (χ0) is 12.6. The van der Waals surface area contributed by atoms with Crippen molar-refractivity contribution in [2.45, 2.75) is 13.1 Å². The van der Waals surface area contributed by atoms with Crippen LogP contribution >= 0.6 is 0 Å². The van der Waals surface area contributed by atoms with Crippen LogP contribution in [0.15, 0.2) is 60.7 Å². The first-order chi connectivity index (χ1) is 8.88. The predicted molar refractivity (Wildman–Crippen MR) is 72.6 cm³/mol. The summed E-state index contributed by atoms with van der Waals surface area (Å²) in [7, 11) is 0. The van der Waals surface area contributed by atoms with Gasteiger partial charge in [0.2, 0.25) is 0 Å². The van der Waals surface area contributed by atoms with Crippen LogP contribution < -0.4 is 0 Å². The highest BCUT2D eigenvalue weighted by atomic mass is 16.3. The summed E-state index contributed by atoms with van der Waals surface area (Å²) < 4.78 is 0. The normalized spacial score (nSPS) is 10.8. The van der Waals surface area contributed by atoms with E-state index in [0.717, 1.165) is 13.1 Å². The monoisotopic (exact) mass is 240 g/mol. The van der Waals surface area contributed by atoms with E-state index in [2.05, 4.69) is 29.2 Å². The van der Waals surface area contributed by atoms with Crippen molar-refractivity contribution in [3.63, 3.8) is 0 Å². The molecule has 0 N–H and O–H groups in total. The number of hydrogen-bond acceptors (Lipinski definition) is 1. The van der Waals surface area contributed by atoms with Gasteiger partial charge in [0.15, 0.2) is 0 Å². The highest BCUT2D eigenvalue weighted by Gasteiger charge is 2.06. The quantitative estimate of drug-likeness (QED) is 0.760. The minimum absolute atomic E-state index is 0.0559. The van der Waals surface area contributed by atoms with Gasteiger partial charge in [-0.3, -0.25) is 4.90 Å². The molecule has 2 rings (SSSR count). The van der Waals surface area contributed by atoms with Gasteiger partial charge in [0.1, 0.15) is 0 Å². The third-order valence-electron chi connectivity index (χ3n) is 2.91. The average molecular weight is 240 g/mol. The van der Waals surface area contributed by atoms with Crippen LogP contribution in [0.2, 0.25) is 0 Å². The van der Waals surface area contributed by atoms with E-state index in [1.54, 1.807) is 0 Å². The molecule has 2 nitrogen and oxygen atoms in total. The van der Waals surface area contributed by atoms with Gasteiger partial charge >= 0.3 is 0 Å². The first kappa shape index (κ1) is 12.8. The van der Waals surface area contributed by atoms with Gasteiger partial charge in [0, 0.05) is 19.6 Å². The van der Waals surface area contributed by atoms with E-state index in [0.29, 0.717) is 6.54 Å². The van der Waals surface area contributed by atoms with Crippen molar-refractivity contribution >= 4 is 0 Å². The molecule has 0 aliphatic heterocycles. The third-order valence-corrected chi connectivity index (χ3v) is 2.91. The maximum absolute atomic E-state index is 10.9. The van der Waals surface area contributed by atoms with Gasteiger partial charge in [-0.25, -0.2) is 5.11 Å². The van der Waals surface area contributed by atoms with Crippen LogP contribution in [0.5, 0.6) is 0 Å². The van der Waals surface area contributed by atoms with Crippen molar-refractivity contribution in [3.8, 4) is 0 Å². The lowest BCUT2D eigenvalue weighted by Gasteiger charge is -2.21. The Morgan fingerprint density at radius 3 is 1.56 bits per heavy atom. The molecule has 0 aromatic heterocycles. The second kappa shape index (κ2) is 6.94. The second-order valence-electron chi connectivity index (χ2n) is 4.39.